The first-order chi connectivity index (χ1) is 12.0. The topological polar surface area (TPSA) is 60.9 Å². The molecule has 0 aromatic heterocycles. The van der Waals surface area contributed by atoms with Crippen molar-refractivity contribution in [2.24, 2.45) is 5.92 Å². The van der Waals surface area contributed by atoms with Crippen LogP contribution < -0.4 is 0 Å². The molecule has 1 aromatic carbocycles. The van der Waals surface area contributed by atoms with Gasteiger partial charge in [0.1, 0.15) is 6.04 Å². The number of rotatable bonds is 4. The second-order valence-corrected chi connectivity index (χ2v) is 7.43. The zero-order valence-electron chi connectivity index (χ0n) is 15.2. The zero-order chi connectivity index (χ0) is 18.0. The molecule has 1 aromatic rings. The van der Waals surface area contributed by atoms with E-state index in [1.807, 2.05) is 41.8 Å². The SMILES string of the molecule is Cc1ccc(C(C(=O)O)N2CCC(C(=O)N3CCCC3)CC2)cc1C. The lowest BCUT2D eigenvalue weighted by molar-refractivity contribution is -0.144. The maximum Gasteiger partial charge on any atom is 0.325 e. The number of aliphatic carboxylic acids is 1. The maximum absolute atomic E-state index is 12.6. The van der Waals surface area contributed by atoms with E-state index in [-0.39, 0.29) is 11.8 Å². The van der Waals surface area contributed by atoms with E-state index >= 15 is 0 Å². The molecule has 2 aliphatic rings. The highest BCUT2D eigenvalue weighted by atomic mass is 16.4. The van der Waals surface area contributed by atoms with Crippen LogP contribution in [-0.4, -0.2) is 53.0 Å². The molecule has 5 nitrogen and oxygen atoms in total. The Hall–Kier alpha value is -1.88. The van der Waals surface area contributed by atoms with Gasteiger partial charge >= 0.3 is 5.97 Å². The van der Waals surface area contributed by atoms with E-state index in [0.717, 1.165) is 49.9 Å². The Labute approximate surface area is 149 Å². The third kappa shape index (κ3) is 3.87. The van der Waals surface area contributed by atoms with Gasteiger partial charge in [0.15, 0.2) is 0 Å². The number of carboxylic acid groups (broad SMARTS) is 1. The molecule has 1 unspecified atom stereocenters. The van der Waals surface area contributed by atoms with Crippen LogP contribution in [0.2, 0.25) is 0 Å². The van der Waals surface area contributed by atoms with E-state index in [9.17, 15) is 14.7 Å². The number of hydrogen-bond donors (Lipinski definition) is 1. The van der Waals surface area contributed by atoms with Crippen LogP contribution in [0.4, 0.5) is 0 Å². The van der Waals surface area contributed by atoms with Gasteiger partial charge in [-0.05, 0) is 56.2 Å². The Bertz CT molecular complexity index is 644. The molecule has 3 rings (SSSR count). The van der Waals surface area contributed by atoms with Crippen molar-refractivity contribution < 1.29 is 14.7 Å². The molecule has 1 N–H and O–H groups in total. The molecule has 25 heavy (non-hydrogen) atoms. The number of benzene rings is 1. The summed E-state index contributed by atoms with van der Waals surface area (Å²) >= 11 is 0. The molecule has 0 aliphatic carbocycles. The molecule has 1 amide bonds. The Morgan fingerprint density at radius 1 is 1.04 bits per heavy atom. The van der Waals surface area contributed by atoms with Crippen LogP contribution in [0.15, 0.2) is 18.2 Å². The highest BCUT2D eigenvalue weighted by molar-refractivity contribution is 5.79. The summed E-state index contributed by atoms with van der Waals surface area (Å²) in [7, 11) is 0. The van der Waals surface area contributed by atoms with E-state index in [4.69, 9.17) is 0 Å². The van der Waals surface area contributed by atoms with E-state index in [2.05, 4.69) is 0 Å². The number of aryl methyl sites for hydroxylation is 2. The Balaban J connectivity index is 1.67. The van der Waals surface area contributed by atoms with Crippen molar-refractivity contribution in [3.05, 3.63) is 34.9 Å². The standard InChI is InChI=1S/C20H28N2O3/c1-14-5-6-17(13-15(14)2)18(20(24)25)21-11-7-16(8-12-21)19(23)22-9-3-4-10-22/h5-6,13,16,18H,3-4,7-12H2,1-2H3,(H,24,25). The van der Waals surface area contributed by atoms with Gasteiger partial charge < -0.3 is 10.0 Å². The number of carbonyl (C=O) groups is 2. The maximum atomic E-state index is 12.6. The number of amides is 1. The first-order valence-electron chi connectivity index (χ1n) is 9.30. The summed E-state index contributed by atoms with van der Waals surface area (Å²) in [5, 5.41) is 9.77. The fourth-order valence-corrected chi connectivity index (χ4v) is 4.04. The van der Waals surface area contributed by atoms with Crippen molar-refractivity contribution in [3.8, 4) is 0 Å². The van der Waals surface area contributed by atoms with Crippen molar-refractivity contribution in [1.82, 2.24) is 9.80 Å². The Kier molecular flexibility index (Phi) is 5.42. The number of likely N-dealkylation sites (tertiary alicyclic amines) is 2. The van der Waals surface area contributed by atoms with Crippen molar-refractivity contribution in [1.29, 1.82) is 0 Å². The second kappa shape index (κ2) is 7.56. The van der Waals surface area contributed by atoms with Gasteiger partial charge in [-0.1, -0.05) is 18.2 Å². The summed E-state index contributed by atoms with van der Waals surface area (Å²) in [6.07, 6.45) is 3.73. The lowest BCUT2D eigenvalue weighted by Crippen LogP contribution is -2.44. The lowest BCUT2D eigenvalue weighted by atomic mass is 9.92. The average molecular weight is 344 g/mol. The van der Waals surface area contributed by atoms with E-state index in [1.165, 1.54) is 5.56 Å². The van der Waals surface area contributed by atoms with Crippen molar-refractivity contribution in [3.63, 3.8) is 0 Å². The summed E-state index contributed by atoms with van der Waals surface area (Å²) in [6.45, 7) is 7.14. The van der Waals surface area contributed by atoms with Gasteiger partial charge in [0.25, 0.3) is 0 Å². The summed E-state index contributed by atoms with van der Waals surface area (Å²) < 4.78 is 0. The molecule has 136 valence electrons. The van der Waals surface area contributed by atoms with Crippen LogP contribution in [0.3, 0.4) is 0 Å². The first kappa shape index (κ1) is 17.9. The van der Waals surface area contributed by atoms with Gasteiger partial charge in [0.2, 0.25) is 5.91 Å². The van der Waals surface area contributed by atoms with Gasteiger partial charge in [-0.2, -0.15) is 0 Å². The van der Waals surface area contributed by atoms with Crippen LogP contribution in [0, 0.1) is 19.8 Å². The summed E-state index contributed by atoms with van der Waals surface area (Å²) in [5.74, 6) is -0.480. The van der Waals surface area contributed by atoms with Crippen LogP contribution in [0.1, 0.15) is 48.4 Å². The predicted octanol–water partition coefficient (Wildman–Crippen LogP) is 2.76. The van der Waals surface area contributed by atoms with Crippen molar-refractivity contribution in [2.45, 2.75) is 45.6 Å². The number of hydrogen-bond acceptors (Lipinski definition) is 3. The fraction of sp³-hybridized carbons (Fsp3) is 0.600. The number of piperidine rings is 1. The monoisotopic (exact) mass is 344 g/mol. The fourth-order valence-electron chi connectivity index (χ4n) is 4.04. The average Bonchev–Trinajstić information content (AvgIpc) is 3.12. The van der Waals surface area contributed by atoms with Crippen LogP contribution in [0.5, 0.6) is 0 Å². The van der Waals surface area contributed by atoms with E-state index < -0.39 is 12.0 Å². The van der Waals surface area contributed by atoms with Gasteiger partial charge in [-0.3, -0.25) is 14.5 Å². The quantitative estimate of drug-likeness (QED) is 0.912. The third-order valence-electron chi connectivity index (χ3n) is 5.74. The molecule has 5 heteroatoms. The lowest BCUT2D eigenvalue weighted by Gasteiger charge is -2.36. The summed E-state index contributed by atoms with van der Waals surface area (Å²) in [4.78, 5) is 28.5. The highest BCUT2D eigenvalue weighted by Gasteiger charge is 2.35. The number of nitrogens with zero attached hydrogens (tertiary/aromatic N) is 2. The molecule has 2 fully saturated rings. The molecule has 2 aliphatic heterocycles. The summed E-state index contributed by atoms with van der Waals surface area (Å²) in [6, 6.07) is 5.27. The molecule has 1 atom stereocenters. The largest absolute Gasteiger partial charge is 0.480 e. The molecule has 0 spiro atoms. The van der Waals surface area contributed by atoms with Gasteiger partial charge in [-0.15, -0.1) is 0 Å². The zero-order valence-corrected chi connectivity index (χ0v) is 15.2. The number of carbonyl (C=O) groups excluding carboxylic acids is 1. The number of carboxylic acids is 1. The van der Waals surface area contributed by atoms with E-state index in [0.29, 0.717) is 13.1 Å². The molecular formula is C20H28N2O3. The molecular weight excluding hydrogens is 316 g/mol. The van der Waals surface area contributed by atoms with Crippen LogP contribution >= 0.6 is 0 Å². The van der Waals surface area contributed by atoms with E-state index in [1.54, 1.807) is 0 Å². The smallest absolute Gasteiger partial charge is 0.325 e. The molecule has 0 saturated carbocycles. The molecule has 2 saturated heterocycles. The predicted molar refractivity (Wildman–Crippen MR) is 96.4 cm³/mol. The van der Waals surface area contributed by atoms with Crippen molar-refractivity contribution in [2.75, 3.05) is 26.2 Å². The van der Waals surface area contributed by atoms with Crippen LogP contribution in [-0.2, 0) is 9.59 Å². The highest BCUT2D eigenvalue weighted by Crippen LogP contribution is 2.29. The van der Waals surface area contributed by atoms with Crippen LogP contribution in [0.25, 0.3) is 0 Å². The Morgan fingerprint density at radius 3 is 2.24 bits per heavy atom. The minimum Gasteiger partial charge on any atom is -0.480 e. The molecule has 0 bridgehead atoms. The first-order valence-corrected chi connectivity index (χ1v) is 9.30. The van der Waals surface area contributed by atoms with Gasteiger partial charge in [-0.25, -0.2) is 0 Å². The summed E-state index contributed by atoms with van der Waals surface area (Å²) in [5.41, 5.74) is 3.12. The third-order valence-corrected chi connectivity index (χ3v) is 5.74. The minimum atomic E-state index is -0.812. The molecule has 2 heterocycles. The Morgan fingerprint density at radius 2 is 1.68 bits per heavy atom. The van der Waals surface area contributed by atoms with Gasteiger partial charge in [0, 0.05) is 32.1 Å². The second-order valence-electron chi connectivity index (χ2n) is 7.43. The molecule has 0 radical (unpaired) electrons. The minimum absolute atomic E-state index is 0.0588. The van der Waals surface area contributed by atoms with Gasteiger partial charge in [0.05, 0.1) is 0 Å². The van der Waals surface area contributed by atoms with Crippen molar-refractivity contribution >= 4 is 11.9 Å². The normalized spacial score (nSPS) is 20.6.